The lowest BCUT2D eigenvalue weighted by atomic mass is 9.86. The Morgan fingerprint density at radius 1 is 1.12 bits per heavy atom. The Bertz CT molecular complexity index is 1570. The van der Waals surface area contributed by atoms with Crippen molar-refractivity contribution in [3.63, 3.8) is 0 Å². The van der Waals surface area contributed by atoms with Crippen molar-refractivity contribution in [2.45, 2.75) is 45.6 Å². The highest BCUT2D eigenvalue weighted by Crippen LogP contribution is 2.39. The Hall–Kier alpha value is -3.90. The molecule has 1 aliphatic rings. The number of carbonyl (C=O) groups excluding carboxylic acids is 1. The number of amides is 1. The molecule has 3 aromatic rings. The van der Waals surface area contributed by atoms with Crippen molar-refractivity contribution in [2.75, 3.05) is 55.5 Å². The summed E-state index contributed by atoms with van der Waals surface area (Å²) in [6.45, 7) is 9.58. The third-order valence-electron chi connectivity index (χ3n) is 7.16. The maximum Gasteiger partial charge on any atom is 0.255 e. The Morgan fingerprint density at radius 2 is 1.83 bits per heavy atom. The number of ether oxygens (including phenoxy) is 2. The molecule has 1 saturated heterocycles. The Balaban J connectivity index is 1.60. The molecule has 0 spiro atoms. The number of anilines is 3. The number of methoxy groups -OCH3 is 1. The number of sulfonamides is 1. The van der Waals surface area contributed by atoms with Crippen molar-refractivity contribution in [3.8, 4) is 17.4 Å². The number of rotatable bonds is 9. The van der Waals surface area contributed by atoms with E-state index in [1.807, 2.05) is 27.7 Å². The number of hydrogen-bond acceptors (Lipinski definition) is 9. The highest BCUT2D eigenvalue weighted by molar-refractivity contribution is 7.92. The van der Waals surface area contributed by atoms with Gasteiger partial charge in [-0.1, -0.05) is 26.8 Å². The SMILES string of the molecule is COc1c(NC(=O)c2ccc(C)c(Oc3ccnc(N4CCC(N(C)C)C4)n3)c2)cc(C(C)(C)C)cc1NS(C)(=O)=O. The van der Waals surface area contributed by atoms with E-state index in [1.54, 1.807) is 42.6 Å². The smallest absolute Gasteiger partial charge is 0.255 e. The van der Waals surface area contributed by atoms with Crippen LogP contribution in [0, 0.1) is 6.92 Å². The number of carbonyl (C=O) groups is 1. The number of hydrogen-bond donors (Lipinski definition) is 2. The zero-order valence-corrected chi connectivity index (χ0v) is 26.3. The van der Waals surface area contributed by atoms with E-state index in [1.165, 1.54) is 7.11 Å². The van der Waals surface area contributed by atoms with Gasteiger partial charge in [0.1, 0.15) is 5.75 Å². The van der Waals surface area contributed by atoms with Gasteiger partial charge in [-0.25, -0.2) is 13.4 Å². The van der Waals surface area contributed by atoms with E-state index in [0.29, 0.717) is 34.9 Å². The van der Waals surface area contributed by atoms with Crippen LogP contribution in [-0.4, -0.2) is 75.8 Å². The van der Waals surface area contributed by atoms with Gasteiger partial charge in [-0.05, 0) is 68.2 Å². The second-order valence-corrected chi connectivity index (χ2v) is 13.6. The fourth-order valence-corrected chi connectivity index (χ4v) is 5.25. The van der Waals surface area contributed by atoms with Crippen LogP contribution < -0.4 is 24.4 Å². The molecule has 2 N–H and O–H groups in total. The molecule has 1 amide bonds. The van der Waals surface area contributed by atoms with Gasteiger partial charge in [0.05, 0.1) is 24.7 Å². The summed E-state index contributed by atoms with van der Waals surface area (Å²) >= 11 is 0. The molecule has 1 atom stereocenters. The fourth-order valence-electron chi connectivity index (χ4n) is 4.70. The van der Waals surface area contributed by atoms with Crippen LogP contribution in [0.1, 0.15) is 48.7 Å². The van der Waals surface area contributed by atoms with Gasteiger partial charge in [0, 0.05) is 37.0 Å². The first-order valence-electron chi connectivity index (χ1n) is 13.7. The molecule has 2 heterocycles. The van der Waals surface area contributed by atoms with Crippen LogP contribution in [0.25, 0.3) is 0 Å². The lowest BCUT2D eigenvalue weighted by molar-refractivity contribution is 0.102. The largest absolute Gasteiger partial charge is 0.492 e. The van der Waals surface area contributed by atoms with Crippen molar-refractivity contribution in [2.24, 2.45) is 0 Å². The maximum atomic E-state index is 13.5. The van der Waals surface area contributed by atoms with E-state index >= 15 is 0 Å². The highest BCUT2D eigenvalue weighted by Gasteiger charge is 2.26. The fraction of sp³-hybridized carbons (Fsp3) is 0.433. The second-order valence-electron chi connectivity index (χ2n) is 11.8. The van der Waals surface area contributed by atoms with Gasteiger partial charge >= 0.3 is 0 Å². The van der Waals surface area contributed by atoms with Crippen molar-refractivity contribution in [1.82, 2.24) is 14.9 Å². The summed E-state index contributed by atoms with van der Waals surface area (Å²) in [5.41, 5.74) is 2.23. The molecule has 42 heavy (non-hydrogen) atoms. The molecule has 0 bridgehead atoms. The van der Waals surface area contributed by atoms with Crippen molar-refractivity contribution < 1.29 is 22.7 Å². The monoisotopic (exact) mass is 596 g/mol. The number of nitrogens with zero attached hydrogens (tertiary/aromatic N) is 4. The molecule has 1 fully saturated rings. The molecule has 0 saturated carbocycles. The van der Waals surface area contributed by atoms with Gasteiger partial charge in [-0.2, -0.15) is 4.98 Å². The van der Waals surface area contributed by atoms with Gasteiger partial charge in [0.15, 0.2) is 5.75 Å². The quantitative estimate of drug-likeness (QED) is 0.363. The second kappa shape index (κ2) is 12.1. The zero-order valence-electron chi connectivity index (χ0n) is 25.5. The molecule has 0 radical (unpaired) electrons. The van der Waals surface area contributed by atoms with Crippen molar-refractivity contribution in [1.29, 1.82) is 0 Å². The minimum atomic E-state index is -3.60. The molecule has 0 aliphatic carbocycles. The standard InChI is InChI=1S/C30H40N6O5S/c1-19-9-10-20(15-25(19)41-26-11-13-31-29(33-26)36-14-12-22(18-36)35(5)6)28(37)32-23-16-21(30(2,3)4)17-24(27(23)40-7)34-42(8,38)39/h9-11,13,15-17,22,34H,12,14,18H2,1-8H3,(H,32,37). The van der Waals surface area contributed by atoms with Gasteiger partial charge in [-0.3, -0.25) is 9.52 Å². The third kappa shape index (κ3) is 7.48. The topological polar surface area (TPSA) is 126 Å². The molecule has 1 aromatic heterocycles. The first kappa shape index (κ1) is 31.0. The van der Waals surface area contributed by atoms with Gasteiger partial charge in [0.25, 0.3) is 5.91 Å². The first-order valence-corrected chi connectivity index (χ1v) is 15.6. The van der Waals surface area contributed by atoms with E-state index in [2.05, 4.69) is 43.9 Å². The first-order chi connectivity index (χ1) is 19.6. The summed E-state index contributed by atoms with van der Waals surface area (Å²) in [4.78, 5) is 26.9. The van der Waals surface area contributed by atoms with Gasteiger partial charge in [-0.15, -0.1) is 0 Å². The lowest BCUT2D eigenvalue weighted by Crippen LogP contribution is -2.32. The molecule has 226 valence electrons. The van der Waals surface area contributed by atoms with Crippen LogP contribution in [0.3, 0.4) is 0 Å². The van der Waals surface area contributed by atoms with Crippen molar-refractivity contribution in [3.05, 3.63) is 59.3 Å². The zero-order chi connectivity index (χ0) is 30.8. The van der Waals surface area contributed by atoms with Crippen LogP contribution in [0.2, 0.25) is 0 Å². The summed E-state index contributed by atoms with van der Waals surface area (Å²) in [7, 11) is 1.97. The summed E-state index contributed by atoms with van der Waals surface area (Å²) in [6, 6.07) is 10.8. The molecular formula is C30H40N6O5S. The van der Waals surface area contributed by atoms with E-state index in [0.717, 1.165) is 36.9 Å². The molecule has 2 aromatic carbocycles. The van der Waals surface area contributed by atoms with E-state index in [-0.39, 0.29) is 16.9 Å². The molecule has 4 rings (SSSR count). The number of likely N-dealkylation sites (N-methyl/N-ethyl adjacent to an activating group) is 1. The van der Waals surface area contributed by atoms with Crippen molar-refractivity contribution >= 4 is 33.3 Å². The molecule has 1 aliphatic heterocycles. The lowest BCUT2D eigenvalue weighted by Gasteiger charge is -2.24. The van der Waals surface area contributed by atoms with Crippen LogP contribution in [0.15, 0.2) is 42.6 Å². The third-order valence-corrected chi connectivity index (χ3v) is 7.75. The molecule has 11 nitrogen and oxygen atoms in total. The van der Waals surface area contributed by atoms with Crippen LogP contribution >= 0.6 is 0 Å². The van der Waals surface area contributed by atoms with E-state index in [4.69, 9.17) is 9.47 Å². The van der Waals surface area contributed by atoms with Crippen LogP contribution in [0.4, 0.5) is 17.3 Å². The van der Waals surface area contributed by atoms with E-state index < -0.39 is 15.9 Å². The normalized spacial score (nSPS) is 15.5. The number of nitrogens with one attached hydrogen (secondary N) is 2. The predicted octanol–water partition coefficient (Wildman–Crippen LogP) is 4.65. The van der Waals surface area contributed by atoms with Gasteiger partial charge in [0.2, 0.25) is 21.9 Å². The molecule has 1 unspecified atom stereocenters. The summed E-state index contributed by atoms with van der Waals surface area (Å²) in [5.74, 6) is 1.26. The number of benzene rings is 2. The average Bonchev–Trinajstić information content (AvgIpc) is 3.39. The summed E-state index contributed by atoms with van der Waals surface area (Å²) < 4.78 is 38.3. The Kier molecular flexibility index (Phi) is 8.98. The van der Waals surface area contributed by atoms with E-state index in [9.17, 15) is 13.2 Å². The average molecular weight is 597 g/mol. The van der Waals surface area contributed by atoms with Gasteiger partial charge < -0.3 is 24.6 Å². The molecule has 12 heteroatoms. The van der Waals surface area contributed by atoms with Crippen LogP contribution in [0.5, 0.6) is 17.4 Å². The highest BCUT2D eigenvalue weighted by atomic mass is 32.2. The number of aryl methyl sites for hydroxylation is 1. The van der Waals surface area contributed by atoms with Crippen LogP contribution in [-0.2, 0) is 15.4 Å². The minimum absolute atomic E-state index is 0.206. The summed E-state index contributed by atoms with van der Waals surface area (Å²) in [5, 5.41) is 2.90. The molecular weight excluding hydrogens is 556 g/mol. The minimum Gasteiger partial charge on any atom is -0.492 e. The number of aromatic nitrogens is 2. The maximum absolute atomic E-state index is 13.5. The summed E-state index contributed by atoms with van der Waals surface area (Å²) in [6.07, 6.45) is 3.77. The predicted molar refractivity (Wildman–Crippen MR) is 166 cm³/mol. The Labute approximate surface area is 248 Å². The Morgan fingerprint density at radius 3 is 2.45 bits per heavy atom.